The van der Waals surface area contributed by atoms with E-state index in [-0.39, 0.29) is 30.1 Å². The fourth-order valence-corrected chi connectivity index (χ4v) is 4.57. The van der Waals surface area contributed by atoms with E-state index in [1.54, 1.807) is 0 Å². The minimum absolute atomic E-state index is 0.118. The summed E-state index contributed by atoms with van der Waals surface area (Å²) in [7, 11) is 1.53. The number of methoxy groups -OCH3 is 1. The van der Waals surface area contributed by atoms with Crippen molar-refractivity contribution in [2.75, 3.05) is 20.5 Å². The van der Waals surface area contributed by atoms with Crippen molar-refractivity contribution in [2.24, 2.45) is 11.3 Å². The summed E-state index contributed by atoms with van der Waals surface area (Å²) >= 11 is 0. The zero-order valence-electron chi connectivity index (χ0n) is 20.2. The summed E-state index contributed by atoms with van der Waals surface area (Å²) in [5.41, 5.74) is 0.813. The van der Waals surface area contributed by atoms with Crippen LogP contribution in [0.5, 0.6) is 0 Å². The van der Waals surface area contributed by atoms with Gasteiger partial charge in [-0.3, -0.25) is 4.79 Å². The van der Waals surface area contributed by atoms with Crippen LogP contribution in [0.1, 0.15) is 65.2 Å². The number of aliphatic hydroxyl groups is 4. The van der Waals surface area contributed by atoms with Gasteiger partial charge in [-0.25, -0.2) is 0 Å². The van der Waals surface area contributed by atoms with E-state index in [1.165, 1.54) is 7.11 Å². The Morgan fingerprint density at radius 1 is 1.27 bits per heavy atom. The number of aliphatic hydroxyl groups excluding tert-OH is 4. The summed E-state index contributed by atoms with van der Waals surface area (Å²) in [6.45, 7) is 7.26. The Labute approximate surface area is 197 Å². The van der Waals surface area contributed by atoms with E-state index in [1.807, 2.05) is 13.8 Å². The van der Waals surface area contributed by atoms with Gasteiger partial charge in [0.1, 0.15) is 13.0 Å². The van der Waals surface area contributed by atoms with Crippen molar-refractivity contribution in [3.63, 3.8) is 0 Å². The molecule has 1 aliphatic carbocycles. The molecule has 0 aromatic rings. The van der Waals surface area contributed by atoms with Crippen molar-refractivity contribution in [1.82, 2.24) is 5.32 Å². The first-order chi connectivity index (χ1) is 15.7. The second-order valence-electron chi connectivity index (χ2n) is 9.67. The molecule has 1 heterocycles. The number of carbonyl (C=O) groups excluding carboxylic acids is 1. The second kappa shape index (κ2) is 13.1. The minimum Gasteiger partial charge on any atom is -0.394 e. The van der Waals surface area contributed by atoms with Gasteiger partial charge in [-0.2, -0.15) is 0 Å². The molecule has 0 spiro atoms. The van der Waals surface area contributed by atoms with E-state index in [0.717, 1.165) is 31.3 Å². The Morgan fingerprint density at radius 2 is 1.97 bits per heavy atom. The van der Waals surface area contributed by atoms with Crippen LogP contribution in [0.2, 0.25) is 0 Å². The molecule has 7 atom stereocenters. The smallest absolute Gasteiger partial charge is 0.253 e. The largest absolute Gasteiger partial charge is 0.394 e. The van der Waals surface area contributed by atoms with Crippen LogP contribution < -0.4 is 5.32 Å². The summed E-state index contributed by atoms with van der Waals surface area (Å²) in [4.78, 5) is 12.6. The number of unbranched alkanes of at least 4 members (excludes halogenated alkanes) is 1. The second-order valence-corrected chi connectivity index (χ2v) is 9.67. The van der Waals surface area contributed by atoms with Gasteiger partial charge in [0.05, 0.1) is 31.0 Å². The lowest BCUT2D eigenvalue weighted by molar-refractivity contribution is -0.153. The van der Waals surface area contributed by atoms with Gasteiger partial charge < -0.3 is 40.0 Å². The molecule has 0 bridgehead atoms. The first-order valence-electron chi connectivity index (χ1n) is 12.0. The molecule has 9 heteroatoms. The molecule has 1 saturated heterocycles. The van der Waals surface area contributed by atoms with Crippen molar-refractivity contribution in [2.45, 2.75) is 102 Å². The fourth-order valence-electron chi connectivity index (χ4n) is 4.57. The molecule has 0 aromatic heterocycles. The van der Waals surface area contributed by atoms with Crippen molar-refractivity contribution in [3.05, 3.63) is 12.2 Å². The Morgan fingerprint density at radius 3 is 2.52 bits per heavy atom. The summed E-state index contributed by atoms with van der Waals surface area (Å²) < 4.78 is 16.2. The number of nitrogens with one attached hydrogen (secondary N) is 1. The standard InChI is InChI=1S/C24H43NO8/c1-15-11-19(33-17(3)16(15)2)22(29)23(30)25-21(32-14-27)7-5-6-8-24(9-10-24)20(28)12-18(13-26)31-4/h16-22,26-29H,1,5-14H2,2-4H3,(H,25,30)/t16-,17?,18?,19?,20?,21?,22?/m1/s1. The van der Waals surface area contributed by atoms with E-state index >= 15 is 0 Å². The number of ether oxygens (including phenoxy) is 3. The van der Waals surface area contributed by atoms with Gasteiger partial charge in [0.2, 0.25) is 0 Å². The maximum atomic E-state index is 12.6. The molecule has 2 fully saturated rings. The zero-order chi connectivity index (χ0) is 24.6. The van der Waals surface area contributed by atoms with E-state index in [2.05, 4.69) is 11.9 Å². The Hall–Kier alpha value is -1.07. The van der Waals surface area contributed by atoms with E-state index < -0.39 is 37.2 Å². The molecule has 1 aliphatic heterocycles. The quantitative estimate of drug-likeness (QED) is 0.136. The number of hydrogen-bond donors (Lipinski definition) is 5. The SMILES string of the molecule is C=C1CC(C(O)C(=O)NC(CCCCC2(C(O)CC(CO)OC)CC2)OCO)OC(C)[C@@H]1C. The van der Waals surface area contributed by atoms with Crippen molar-refractivity contribution < 1.29 is 39.4 Å². The number of rotatable bonds is 15. The van der Waals surface area contributed by atoms with Gasteiger partial charge in [0.25, 0.3) is 5.91 Å². The van der Waals surface area contributed by atoms with Crippen LogP contribution in [0.3, 0.4) is 0 Å². The topological polar surface area (TPSA) is 138 Å². The van der Waals surface area contributed by atoms with Gasteiger partial charge in [0.15, 0.2) is 6.10 Å². The highest BCUT2D eigenvalue weighted by molar-refractivity contribution is 5.81. The van der Waals surface area contributed by atoms with Crippen LogP contribution in [0.25, 0.3) is 0 Å². The lowest BCUT2D eigenvalue weighted by Gasteiger charge is -2.36. The van der Waals surface area contributed by atoms with Crippen molar-refractivity contribution in [1.29, 1.82) is 0 Å². The predicted molar refractivity (Wildman–Crippen MR) is 122 cm³/mol. The van der Waals surface area contributed by atoms with Gasteiger partial charge in [-0.05, 0) is 50.9 Å². The molecule has 33 heavy (non-hydrogen) atoms. The molecule has 0 radical (unpaired) electrons. The highest BCUT2D eigenvalue weighted by atomic mass is 16.6. The lowest BCUT2D eigenvalue weighted by atomic mass is 9.88. The molecule has 0 aromatic carbocycles. The maximum Gasteiger partial charge on any atom is 0.253 e. The average molecular weight is 474 g/mol. The molecule has 9 nitrogen and oxygen atoms in total. The van der Waals surface area contributed by atoms with Crippen molar-refractivity contribution in [3.8, 4) is 0 Å². The Bertz CT molecular complexity index is 622. The van der Waals surface area contributed by atoms with Gasteiger partial charge in [-0.1, -0.05) is 25.5 Å². The predicted octanol–water partition coefficient (Wildman–Crippen LogP) is 1.22. The number of carbonyl (C=O) groups is 1. The summed E-state index contributed by atoms with van der Waals surface area (Å²) in [5.74, 6) is -0.434. The normalized spacial score (nSPS) is 28.1. The van der Waals surface area contributed by atoms with E-state index in [9.17, 15) is 25.2 Å². The van der Waals surface area contributed by atoms with E-state index in [0.29, 0.717) is 25.7 Å². The number of hydrogen-bond acceptors (Lipinski definition) is 8. The van der Waals surface area contributed by atoms with Crippen LogP contribution >= 0.6 is 0 Å². The number of amides is 1. The third-order valence-corrected chi connectivity index (χ3v) is 7.41. The van der Waals surface area contributed by atoms with Crippen LogP contribution in [0.4, 0.5) is 0 Å². The third kappa shape index (κ3) is 7.99. The maximum absolute atomic E-state index is 12.6. The highest BCUT2D eigenvalue weighted by Gasteiger charge is 2.48. The summed E-state index contributed by atoms with van der Waals surface area (Å²) in [6, 6.07) is 0. The Balaban J connectivity index is 1.77. The van der Waals surface area contributed by atoms with Gasteiger partial charge in [0, 0.05) is 19.4 Å². The molecule has 1 amide bonds. The Kier molecular flexibility index (Phi) is 11.2. The minimum atomic E-state index is -1.35. The first kappa shape index (κ1) is 28.2. The first-order valence-corrected chi connectivity index (χ1v) is 12.0. The molecule has 6 unspecified atom stereocenters. The molecule has 1 saturated carbocycles. The molecular formula is C24H43NO8. The van der Waals surface area contributed by atoms with Crippen LogP contribution in [-0.4, -0.2) is 83.6 Å². The van der Waals surface area contributed by atoms with E-state index in [4.69, 9.17) is 14.2 Å². The third-order valence-electron chi connectivity index (χ3n) is 7.41. The van der Waals surface area contributed by atoms with Crippen molar-refractivity contribution >= 4 is 5.91 Å². The molecule has 192 valence electrons. The summed E-state index contributed by atoms with van der Waals surface area (Å²) in [5, 5.41) is 42.2. The van der Waals surface area contributed by atoms with Gasteiger partial charge >= 0.3 is 0 Å². The summed E-state index contributed by atoms with van der Waals surface area (Å²) in [6.07, 6.45) is 1.77. The van der Waals surface area contributed by atoms with Crippen LogP contribution in [0, 0.1) is 11.3 Å². The van der Waals surface area contributed by atoms with Gasteiger partial charge in [-0.15, -0.1) is 0 Å². The molecule has 2 rings (SSSR count). The van der Waals surface area contributed by atoms with Crippen LogP contribution in [0.15, 0.2) is 12.2 Å². The molecule has 2 aliphatic rings. The highest BCUT2D eigenvalue weighted by Crippen LogP contribution is 2.54. The monoisotopic (exact) mass is 473 g/mol. The molecule has 5 N–H and O–H groups in total. The average Bonchev–Trinajstić information content (AvgIpc) is 3.58. The lowest BCUT2D eigenvalue weighted by Crippen LogP contribution is -2.50. The van der Waals surface area contributed by atoms with Crippen LogP contribution in [-0.2, 0) is 19.0 Å². The molecular weight excluding hydrogens is 430 g/mol. The zero-order valence-corrected chi connectivity index (χ0v) is 20.2. The fraction of sp³-hybridized carbons (Fsp3) is 0.875.